The maximum Gasteiger partial charge on any atom is 0.343 e. The first kappa shape index (κ1) is 37.2. The van der Waals surface area contributed by atoms with Crippen LogP contribution in [0.15, 0.2) is 92.0 Å². The Morgan fingerprint density at radius 2 is 1.02 bits per heavy atom. The zero-order chi connectivity index (χ0) is 33.9. The Bertz CT molecular complexity index is 1500. The first-order valence-corrected chi connectivity index (χ1v) is 16.9. The van der Waals surface area contributed by atoms with E-state index in [-0.39, 0.29) is 0 Å². The van der Waals surface area contributed by atoms with Crippen molar-refractivity contribution in [3.05, 3.63) is 118 Å². The molecule has 0 saturated carbocycles. The van der Waals surface area contributed by atoms with Crippen LogP contribution in [0.25, 0.3) is 0 Å². The summed E-state index contributed by atoms with van der Waals surface area (Å²) in [5.74, 6) is -0.997. The van der Waals surface area contributed by atoms with Crippen molar-refractivity contribution in [1.82, 2.24) is 0 Å². The summed E-state index contributed by atoms with van der Waals surface area (Å²) in [6, 6.07) is 19.6. The lowest BCUT2D eigenvalue weighted by molar-refractivity contribution is -0.138. The predicted octanol–water partition coefficient (Wildman–Crippen LogP) is 8.39. The summed E-state index contributed by atoms with van der Waals surface area (Å²) in [7, 11) is 0. The first-order chi connectivity index (χ1) is 22.8. The smallest absolute Gasteiger partial charge is 0.343 e. The van der Waals surface area contributed by atoms with Gasteiger partial charge in [0.05, 0.1) is 27.9 Å². The van der Waals surface area contributed by atoms with Crippen LogP contribution < -0.4 is 9.47 Å². The fourth-order valence-electron chi connectivity index (χ4n) is 4.60. The average molecular weight is 753 g/mol. The van der Waals surface area contributed by atoms with Crippen molar-refractivity contribution in [2.75, 3.05) is 13.2 Å². The number of hydrogen-bond acceptors (Lipinski definition) is 8. The van der Waals surface area contributed by atoms with E-state index in [4.69, 9.17) is 18.9 Å². The highest BCUT2D eigenvalue weighted by molar-refractivity contribution is 14.1. The van der Waals surface area contributed by atoms with Gasteiger partial charge >= 0.3 is 23.9 Å². The van der Waals surface area contributed by atoms with Crippen LogP contribution in [0.2, 0.25) is 0 Å². The van der Waals surface area contributed by atoms with E-state index in [1.54, 1.807) is 42.5 Å². The number of benzene rings is 3. The summed E-state index contributed by atoms with van der Waals surface area (Å²) < 4.78 is 21.8. The lowest BCUT2D eigenvalue weighted by Crippen LogP contribution is -2.11. The third-order valence-corrected chi connectivity index (χ3v) is 8.08. The number of carbonyl (C=O) groups is 4. The van der Waals surface area contributed by atoms with Gasteiger partial charge in [0.1, 0.15) is 11.5 Å². The van der Waals surface area contributed by atoms with E-state index >= 15 is 0 Å². The van der Waals surface area contributed by atoms with Gasteiger partial charge in [0, 0.05) is 12.2 Å². The second-order valence-corrected chi connectivity index (χ2v) is 12.0. The van der Waals surface area contributed by atoms with Crippen molar-refractivity contribution in [2.24, 2.45) is 0 Å². The second-order valence-electron chi connectivity index (χ2n) is 10.8. The number of esters is 4. The number of rotatable bonds is 20. The van der Waals surface area contributed by atoms with E-state index in [9.17, 15) is 19.2 Å². The molecule has 9 heteroatoms. The molecule has 0 bridgehead atoms. The minimum Gasteiger partial charge on any atom is -0.463 e. The van der Waals surface area contributed by atoms with Gasteiger partial charge in [-0.15, -0.1) is 0 Å². The van der Waals surface area contributed by atoms with Crippen LogP contribution in [0.5, 0.6) is 11.5 Å². The average Bonchev–Trinajstić information content (AvgIpc) is 3.08. The second kappa shape index (κ2) is 20.8. The fraction of sp³-hybridized carbons (Fsp3) is 0.316. The third-order valence-electron chi connectivity index (χ3n) is 7.24. The Balaban J connectivity index is 1.38. The van der Waals surface area contributed by atoms with Gasteiger partial charge in [-0.25, -0.2) is 19.2 Å². The predicted molar refractivity (Wildman–Crippen MR) is 189 cm³/mol. The van der Waals surface area contributed by atoms with E-state index in [1.165, 1.54) is 12.2 Å². The van der Waals surface area contributed by atoms with Gasteiger partial charge in [-0.3, -0.25) is 0 Å². The number of aryl methyl sites for hydroxylation is 2. The molecule has 0 amide bonds. The number of halogens is 1. The molecule has 3 rings (SSSR count). The van der Waals surface area contributed by atoms with Crippen molar-refractivity contribution in [1.29, 1.82) is 0 Å². The molecule has 0 radical (unpaired) electrons. The van der Waals surface area contributed by atoms with Gasteiger partial charge in [0.25, 0.3) is 0 Å². The summed E-state index contributed by atoms with van der Waals surface area (Å²) in [5.41, 5.74) is 3.15. The Hall–Kier alpha value is -4.25. The molecule has 0 atom stereocenters. The molecule has 0 spiro atoms. The van der Waals surface area contributed by atoms with Gasteiger partial charge < -0.3 is 18.9 Å². The minimum atomic E-state index is -0.472. The van der Waals surface area contributed by atoms with Gasteiger partial charge in [0.2, 0.25) is 0 Å². The molecule has 8 nitrogen and oxygen atoms in total. The number of unbranched alkanes of at least 4 members (excludes halogenated alkanes) is 6. The van der Waals surface area contributed by atoms with Crippen LogP contribution >= 0.6 is 22.6 Å². The summed E-state index contributed by atoms with van der Waals surface area (Å²) in [4.78, 5) is 47.6. The minimum absolute atomic E-state index is 0.351. The van der Waals surface area contributed by atoms with E-state index in [1.807, 2.05) is 46.9 Å². The molecule has 0 aliphatic rings. The standard InChI is InChI=1S/C38H41IO8/c1-3-35(40)44-25-11-7-5-9-13-28-15-19-30(20-16-28)37(42)46-32-23-24-34(33(39)27-32)47-38(43)31-21-17-29(18-22-31)14-10-6-8-12-26-45-36(41)4-2/h3-4,15-24,27H,1-2,5-14,25-26H2. The highest BCUT2D eigenvalue weighted by atomic mass is 127. The summed E-state index contributed by atoms with van der Waals surface area (Å²) in [5, 5.41) is 0. The van der Waals surface area contributed by atoms with Crippen molar-refractivity contribution in [3.63, 3.8) is 0 Å². The van der Waals surface area contributed by atoms with Crippen LogP contribution in [-0.4, -0.2) is 37.1 Å². The van der Waals surface area contributed by atoms with Crippen molar-refractivity contribution >= 4 is 46.5 Å². The third kappa shape index (κ3) is 14.0. The number of carbonyl (C=O) groups excluding carboxylic acids is 4. The number of ether oxygens (including phenoxy) is 4. The molecule has 0 N–H and O–H groups in total. The monoisotopic (exact) mass is 752 g/mol. The molecule has 47 heavy (non-hydrogen) atoms. The maximum atomic E-state index is 12.8. The van der Waals surface area contributed by atoms with Crippen molar-refractivity contribution < 1.29 is 38.1 Å². The van der Waals surface area contributed by atoms with Crippen LogP contribution in [0, 0.1) is 3.57 Å². The molecular weight excluding hydrogens is 711 g/mol. The van der Waals surface area contributed by atoms with Crippen LogP contribution in [-0.2, 0) is 31.9 Å². The van der Waals surface area contributed by atoms with Gasteiger partial charge in [0.15, 0.2) is 0 Å². The van der Waals surface area contributed by atoms with Gasteiger partial charge in [-0.2, -0.15) is 0 Å². The zero-order valence-electron chi connectivity index (χ0n) is 26.5. The molecule has 0 aliphatic heterocycles. The Morgan fingerprint density at radius 3 is 1.47 bits per heavy atom. The van der Waals surface area contributed by atoms with E-state index in [2.05, 4.69) is 13.2 Å². The molecule has 0 aliphatic carbocycles. The summed E-state index contributed by atoms with van der Waals surface area (Å²) >= 11 is 2.05. The molecule has 0 aromatic heterocycles. The van der Waals surface area contributed by atoms with Crippen LogP contribution in [0.1, 0.15) is 83.2 Å². The quantitative estimate of drug-likeness (QED) is 0.0373. The molecule has 0 heterocycles. The number of hydrogen-bond donors (Lipinski definition) is 0. The Kier molecular flexibility index (Phi) is 16.5. The molecule has 3 aromatic carbocycles. The van der Waals surface area contributed by atoms with E-state index in [0.717, 1.165) is 75.3 Å². The van der Waals surface area contributed by atoms with Crippen molar-refractivity contribution in [2.45, 2.75) is 64.2 Å². The molecule has 3 aromatic rings. The molecule has 0 fully saturated rings. The molecule has 248 valence electrons. The lowest BCUT2D eigenvalue weighted by atomic mass is 10.0. The molecule has 0 unspecified atom stereocenters. The SMILES string of the molecule is C=CC(=O)OCCCCCCc1ccc(C(=O)Oc2ccc(OC(=O)c3ccc(CCCCCCOC(=O)C=C)cc3)c(I)c2)cc1. The molecular formula is C38H41IO8. The Morgan fingerprint density at radius 1 is 0.574 bits per heavy atom. The first-order valence-electron chi connectivity index (χ1n) is 15.8. The Labute approximate surface area is 290 Å². The largest absolute Gasteiger partial charge is 0.463 e. The molecule has 0 saturated heterocycles. The maximum absolute atomic E-state index is 12.8. The van der Waals surface area contributed by atoms with Crippen LogP contribution in [0.3, 0.4) is 0 Å². The van der Waals surface area contributed by atoms with E-state index in [0.29, 0.717) is 39.4 Å². The normalized spacial score (nSPS) is 10.5. The fourth-order valence-corrected chi connectivity index (χ4v) is 5.20. The summed E-state index contributed by atoms with van der Waals surface area (Å²) in [6.45, 7) is 7.57. The van der Waals surface area contributed by atoms with E-state index < -0.39 is 23.9 Å². The summed E-state index contributed by atoms with van der Waals surface area (Å²) in [6.07, 6.45) is 11.8. The van der Waals surface area contributed by atoms with Gasteiger partial charge in [-0.1, -0.05) is 63.1 Å². The lowest BCUT2D eigenvalue weighted by Gasteiger charge is -2.10. The topological polar surface area (TPSA) is 105 Å². The van der Waals surface area contributed by atoms with Gasteiger partial charge in [-0.05, 0) is 115 Å². The highest BCUT2D eigenvalue weighted by Crippen LogP contribution is 2.27. The zero-order valence-corrected chi connectivity index (χ0v) is 28.7. The highest BCUT2D eigenvalue weighted by Gasteiger charge is 2.14. The van der Waals surface area contributed by atoms with Crippen LogP contribution in [0.4, 0.5) is 0 Å². The van der Waals surface area contributed by atoms with Crippen molar-refractivity contribution in [3.8, 4) is 11.5 Å².